The maximum Gasteiger partial charge on any atom is 0.381 e. The lowest BCUT2D eigenvalue weighted by molar-refractivity contribution is 0.0722. The molecule has 0 aliphatic heterocycles. The van der Waals surface area contributed by atoms with E-state index in [1.807, 2.05) is 12.1 Å². The smallest absolute Gasteiger partial charge is 0.381 e. The molecular weight excluding hydrogens is 360 g/mol. The summed E-state index contributed by atoms with van der Waals surface area (Å²) in [7, 11) is 0. The SMILES string of the molecule is CC1=C(C=C/C(C)=C/c2cnc(C(=O)Oc3ccccc3)nc2)C(C)(C)CCC1. The van der Waals surface area contributed by atoms with Gasteiger partial charge in [0, 0.05) is 18.0 Å². The third-order valence-electron chi connectivity index (χ3n) is 5.26. The number of esters is 1. The van der Waals surface area contributed by atoms with E-state index in [0.717, 1.165) is 11.1 Å². The van der Waals surface area contributed by atoms with E-state index in [1.54, 1.807) is 36.7 Å². The van der Waals surface area contributed by atoms with Crippen LogP contribution in [0.5, 0.6) is 5.75 Å². The predicted octanol–water partition coefficient (Wildman–Crippen LogP) is 6.18. The van der Waals surface area contributed by atoms with Gasteiger partial charge in [0.25, 0.3) is 0 Å². The molecule has 3 rings (SSSR count). The fourth-order valence-electron chi connectivity index (χ4n) is 3.70. The summed E-state index contributed by atoms with van der Waals surface area (Å²) in [6.07, 6.45) is 13.3. The summed E-state index contributed by atoms with van der Waals surface area (Å²) in [5.41, 5.74) is 5.09. The summed E-state index contributed by atoms with van der Waals surface area (Å²) in [5, 5.41) is 0. The Labute approximate surface area is 173 Å². The van der Waals surface area contributed by atoms with Gasteiger partial charge in [0.1, 0.15) is 5.75 Å². The maximum absolute atomic E-state index is 12.1. The van der Waals surface area contributed by atoms with Crippen LogP contribution in [0, 0.1) is 5.41 Å². The van der Waals surface area contributed by atoms with Crippen LogP contribution in [-0.2, 0) is 0 Å². The van der Waals surface area contributed by atoms with E-state index in [0.29, 0.717) is 5.75 Å². The van der Waals surface area contributed by atoms with Crippen LogP contribution >= 0.6 is 0 Å². The van der Waals surface area contributed by atoms with Gasteiger partial charge in [0.05, 0.1) is 0 Å². The van der Waals surface area contributed by atoms with Crippen molar-refractivity contribution >= 4 is 12.0 Å². The van der Waals surface area contributed by atoms with Crippen molar-refractivity contribution in [3.63, 3.8) is 0 Å². The molecule has 0 unspecified atom stereocenters. The van der Waals surface area contributed by atoms with Crippen molar-refractivity contribution in [2.24, 2.45) is 5.41 Å². The van der Waals surface area contributed by atoms with E-state index in [9.17, 15) is 4.79 Å². The Balaban J connectivity index is 1.68. The zero-order valence-electron chi connectivity index (χ0n) is 17.6. The summed E-state index contributed by atoms with van der Waals surface area (Å²) in [6, 6.07) is 8.91. The molecule has 0 spiro atoms. The van der Waals surface area contributed by atoms with Crippen LogP contribution < -0.4 is 4.74 Å². The Morgan fingerprint density at radius 2 is 1.83 bits per heavy atom. The molecule has 0 saturated heterocycles. The Hall–Kier alpha value is -3.01. The highest BCUT2D eigenvalue weighted by atomic mass is 16.5. The topological polar surface area (TPSA) is 52.1 Å². The quantitative estimate of drug-likeness (QED) is 0.348. The van der Waals surface area contributed by atoms with Gasteiger partial charge in [-0.1, -0.05) is 55.3 Å². The molecule has 0 saturated carbocycles. The van der Waals surface area contributed by atoms with Gasteiger partial charge in [0.2, 0.25) is 5.82 Å². The van der Waals surface area contributed by atoms with Gasteiger partial charge in [-0.15, -0.1) is 0 Å². The number of hydrogen-bond donors (Lipinski definition) is 0. The first-order valence-electron chi connectivity index (χ1n) is 10.0. The fourth-order valence-corrected chi connectivity index (χ4v) is 3.70. The molecule has 1 aromatic heterocycles. The number of nitrogens with zero attached hydrogens (tertiary/aromatic N) is 2. The molecule has 150 valence electrons. The van der Waals surface area contributed by atoms with Crippen molar-refractivity contribution in [2.75, 3.05) is 0 Å². The number of carbonyl (C=O) groups excluding carboxylic acids is 1. The zero-order chi connectivity index (χ0) is 20.9. The Morgan fingerprint density at radius 3 is 2.48 bits per heavy atom. The van der Waals surface area contributed by atoms with Gasteiger partial charge in [-0.25, -0.2) is 14.8 Å². The normalized spacial score (nSPS) is 16.9. The number of para-hydroxylation sites is 1. The molecule has 0 fully saturated rings. The minimum atomic E-state index is -0.565. The molecule has 1 heterocycles. The van der Waals surface area contributed by atoms with Crippen LogP contribution in [0.2, 0.25) is 0 Å². The molecule has 4 nitrogen and oxygen atoms in total. The average Bonchev–Trinajstić information content (AvgIpc) is 2.68. The van der Waals surface area contributed by atoms with Crippen molar-refractivity contribution in [2.45, 2.75) is 47.0 Å². The number of allylic oxidation sites excluding steroid dienone is 5. The molecule has 0 radical (unpaired) electrons. The lowest BCUT2D eigenvalue weighted by atomic mass is 9.72. The van der Waals surface area contributed by atoms with Crippen LogP contribution in [0.1, 0.15) is 63.1 Å². The van der Waals surface area contributed by atoms with Crippen LogP contribution in [-0.4, -0.2) is 15.9 Å². The highest BCUT2D eigenvalue weighted by Gasteiger charge is 2.26. The predicted molar refractivity (Wildman–Crippen MR) is 117 cm³/mol. The van der Waals surface area contributed by atoms with Crippen molar-refractivity contribution < 1.29 is 9.53 Å². The average molecular weight is 389 g/mol. The van der Waals surface area contributed by atoms with Gasteiger partial charge < -0.3 is 4.74 Å². The van der Waals surface area contributed by atoms with E-state index >= 15 is 0 Å². The molecule has 29 heavy (non-hydrogen) atoms. The van der Waals surface area contributed by atoms with E-state index in [2.05, 4.69) is 49.8 Å². The van der Waals surface area contributed by atoms with Crippen LogP contribution in [0.15, 0.2) is 71.6 Å². The summed E-state index contributed by atoms with van der Waals surface area (Å²) < 4.78 is 5.26. The van der Waals surface area contributed by atoms with E-state index in [-0.39, 0.29) is 11.2 Å². The summed E-state index contributed by atoms with van der Waals surface area (Å²) in [5.74, 6) is -0.0458. The monoisotopic (exact) mass is 388 g/mol. The van der Waals surface area contributed by atoms with Crippen LogP contribution in [0.3, 0.4) is 0 Å². The lowest BCUT2D eigenvalue weighted by Crippen LogP contribution is -2.19. The first-order chi connectivity index (χ1) is 13.8. The molecule has 0 amide bonds. The van der Waals surface area contributed by atoms with Crippen molar-refractivity contribution in [3.8, 4) is 5.75 Å². The summed E-state index contributed by atoms with van der Waals surface area (Å²) >= 11 is 0. The first-order valence-corrected chi connectivity index (χ1v) is 10.0. The lowest BCUT2D eigenvalue weighted by Gasteiger charge is -2.32. The van der Waals surface area contributed by atoms with Gasteiger partial charge >= 0.3 is 5.97 Å². The second-order valence-electron chi connectivity index (χ2n) is 8.20. The fraction of sp³-hybridized carbons (Fsp3) is 0.320. The molecule has 0 N–H and O–H groups in total. The van der Waals surface area contributed by atoms with Crippen molar-refractivity contribution in [1.29, 1.82) is 0 Å². The van der Waals surface area contributed by atoms with Crippen LogP contribution in [0.4, 0.5) is 0 Å². The van der Waals surface area contributed by atoms with Gasteiger partial charge in [-0.2, -0.15) is 0 Å². The Bertz CT molecular complexity index is 952. The third-order valence-corrected chi connectivity index (χ3v) is 5.26. The summed E-state index contributed by atoms with van der Waals surface area (Å²) in [6.45, 7) is 8.92. The second-order valence-corrected chi connectivity index (χ2v) is 8.20. The molecule has 0 atom stereocenters. The number of aromatic nitrogens is 2. The van der Waals surface area contributed by atoms with Gasteiger partial charge in [0.15, 0.2) is 0 Å². The Kier molecular flexibility index (Phi) is 6.42. The van der Waals surface area contributed by atoms with Crippen molar-refractivity contribution in [1.82, 2.24) is 9.97 Å². The first kappa shape index (κ1) is 20.7. The largest absolute Gasteiger partial charge is 0.421 e. The maximum atomic E-state index is 12.1. The molecule has 4 heteroatoms. The number of ether oxygens (including phenoxy) is 1. The number of carbonyl (C=O) groups is 1. The second kappa shape index (κ2) is 8.99. The molecule has 0 bridgehead atoms. The van der Waals surface area contributed by atoms with E-state index in [4.69, 9.17) is 4.74 Å². The highest BCUT2D eigenvalue weighted by Crippen LogP contribution is 2.40. The molecular formula is C25H28N2O2. The van der Waals surface area contributed by atoms with E-state index < -0.39 is 5.97 Å². The third kappa shape index (κ3) is 5.50. The Morgan fingerprint density at radius 1 is 1.14 bits per heavy atom. The molecule has 1 aliphatic rings. The van der Waals surface area contributed by atoms with Crippen LogP contribution in [0.25, 0.3) is 6.08 Å². The molecule has 1 aliphatic carbocycles. The number of hydrogen-bond acceptors (Lipinski definition) is 4. The standard InChI is InChI=1S/C25H28N2O2/c1-18(12-13-22-19(2)9-8-14-25(22,3)4)15-20-16-26-23(27-17-20)24(28)29-21-10-6-5-7-11-21/h5-7,10-13,15-17H,8-9,14H2,1-4H3/b13-12?,18-15+. The minimum absolute atomic E-state index is 0.0453. The van der Waals surface area contributed by atoms with E-state index in [1.165, 1.54) is 30.4 Å². The molecule has 1 aromatic carbocycles. The highest BCUT2D eigenvalue weighted by molar-refractivity contribution is 5.87. The summed E-state index contributed by atoms with van der Waals surface area (Å²) in [4.78, 5) is 20.4. The van der Waals surface area contributed by atoms with Gasteiger partial charge in [-0.05, 0) is 62.3 Å². The minimum Gasteiger partial charge on any atom is -0.421 e. The molecule has 2 aromatic rings. The zero-order valence-corrected chi connectivity index (χ0v) is 17.6. The number of rotatable bonds is 5. The van der Waals surface area contributed by atoms with Crippen molar-refractivity contribution in [3.05, 3.63) is 83.0 Å². The van der Waals surface area contributed by atoms with Gasteiger partial charge in [-0.3, -0.25) is 0 Å². The number of benzene rings is 1.